The highest BCUT2D eigenvalue weighted by Gasteiger charge is 2.13. The lowest BCUT2D eigenvalue weighted by Gasteiger charge is -2.07. The highest BCUT2D eigenvalue weighted by molar-refractivity contribution is 6.39. The van der Waals surface area contributed by atoms with Crippen LogP contribution in [-0.4, -0.2) is 5.78 Å². The second-order valence-electron chi connectivity index (χ2n) is 4.74. The Balaban J connectivity index is 2.08. The fraction of sp³-hybridized carbons (Fsp3) is 0. The summed E-state index contributed by atoms with van der Waals surface area (Å²) in [6.07, 6.45) is 0. The van der Waals surface area contributed by atoms with Gasteiger partial charge in [0.15, 0.2) is 5.78 Å². The third-order valence-corrected chi connectivity index (χ3v) is 3.98. The highest BCUT2D eigenvalue weighted by Crippen LogP contribution is 2.30. The number of benzene rings is 3. The molecule has 0 aliphatic carbocycles. The van der Waals surface area contributed by atoms with Crippen LogP contribution >= 0.6 is 23.2 Å². The summed E-state index contributed by atoms with van der Waals surface area (Å²) >= 11 is 12.0. The molecule has 0 bridgehead atoms. The van der Waals surface area contributed by atoms with E-state index >= 15 is 0 Å². The predicted molar refractivity (Wildman–Crippen MR) is 88.3 cm³/mol. The van der Waals surface area contributed by atoms with Crippen molar-refractivity contribution in [3.8, 4) is 0 Å². The monoisotopic (exact) mass is 315 g/mol. The number of carbonyl (C=O) groups is 1. The Bertz CT molecular complexity index is 835. The molecule has 0 saturated carbocycles. The average Bonchev–Trinajstić information content (AvgIpc) is 2.51. The zero-order valence-corrected chi connectivity index (χ0v) is 12.4. The third-order valence-electron chi connectivity index (χ3n) is 3.35. The van der Waals surface area contributed by atoms with Crippen LogP contribution in [0.2, 0.25) is 10.0 Å². The molecule has 0 heterocycles. The van der Waals surface area contributed by atoms with Gasteiger partial charge in [0, 0.05) is 11.1 Å². The van der Waals surface area contributed by atoms with E-state index in [1.54, 1.807) is 18.2 Å². The molecule has 4 heteroatoms. The molecular formula is C17H11Cl2NO. The molecule has 0 radical (unpaired) electrons. The standard InChI is InChI=1S/C17H11Cl2NO/c18-14-8-13(9-15(19)16(14)20)17(21)12-6-5-10-3-1-2-4-11(10)7-12/h1-9H,20H2. The fourth-order valence-corrected chi connectivity index (χ4v) is 2.70. The number of nitrogens with two attached hydrogens (primary N) is 1. The molecule has 2 nitrogen and oxygen atoms in total. The van der Waals surface area contributed by atoms with Crippen LogP contribution in [0.15, 0.2) is 54.6 Å². The molecule has 21 heavy (non-hydrogen) atoms. The summed E-state index contributed by atoms with van der Waals surface area (Å²) in [6.45, 7) is 0. The molecule has 0 unspecified atom stereocenters. The van der Waals surface area contributed by atoms with Crippen molar-refractivity contribution in [3.05, 3.63) is 75.8 Å². The molecular weight excluding hydrogens is 305 g/mol. The molecule has 3 aromatic carbocycles. The quantitative estimate of drug-likeness (QED) is 0.536. The van der Waals surface area contributed by atoms with Gasteiger partial charge in [-0.15, -0.1) is 0 Å². The topological polar surface area (TPSA) is 43.1 Å². The van der Waals surface area contributed by atoms with E-state index in [0.29, 0.717) is 11.1 Å². The maximum atomic E-state index is 12.5. The van der Waals surface area contributed by atoms with Gasteiger partial charge in [0.2, 0.25) is 0 Å². The second-order valence-corrected chi connectivity index (χ2v) is 5.56. The summed E-state index contributed by atoms with van der Waals surface area (Å²) < 4.78 is 0. The molecule has 3 aromatic rings. The van der Waals surface area contributed by atoms with Crippen molar-refractivity contribution < 1.29 is 4.79 Å². The van der Waals surface area contributed by atoms with Gasteiger partial charge in [-0.3, -0.25) is 4.79 Å². The number of halogens is 2. The van der Waals surface area contributed by atoms with E-state index < -0.39 is 0 Å². The summed E-state index contributed by atoms with van der Waals surface area (Å²) in [5.74, 6) is -0.135. The lowest BCUT2D eigenvalue weighted by molar-refractivity contribution is 0.103. The maximum Gasteiger partial charge on any atom is 0.193 e. The summed E-state index contributed by atoms with van der Waals surface area (Å²) in [5, 5.41) is 2.66. The lowest BCUT2D eigenvalue weighted by atomic mass is 10.00. The van der Waals surface area contributed by atoms with E-state index in [9.17, 15) is 4.79 Å². The van der Waals surface area contributed by atoms with Gasteiger partial charge in [-0.05, 0) is 29.0 Å². The molecule has 0 amide bonds. The van der Waals surface area contributed by atoms with E-state index in [2.05, 4.69) is 0 Å². The van der Waals surface area contributed by atoms with Gasteiger partial charge in [-0.2, -0.15) is 0 Å². The molecule has 0 aliphatic rings. The van der Waals surface area contributed by atoms with Crippen LogP contribution in [0.5, 0.6) is 0 Å². The number of anilines is 1. The Labute approximate surface area is 132 Å². The Kier molecular flexibility index (Phi) is 3.58. The minimum Gasteiger partial charge on any atom is -0.396 e. The van der Waals surface area contributed by atoms with Crippen LogP contribution in [0.25, 0.3) is 10.8 Å². The Hall–Kier alpha value is -2.03. The van der Waals surface area contributed by atoms with Gasteiger partial charge in [-0.25, -0.2) is 0 Å². The van der Waals surface area contributed by atoms with E-state index in [1.165, 1.54) is 0 Å². The third kappa shape index (κ3) is 2.60. The van der Waals surface area contributed by atoms with Crippen molar-refractivity contribution in [2.24, 2.45) is 0 Å². The first-order valence-electron chi connectivity index (χ1n) is 6.34. The van der Waals surface area contributed by atoms with E-state index in [4.69, 9.17) is 28.9 Å². The van der Waals surface area contributed by atoms with Crippen LogP contribution in [0.3, 0.4) is 0 Å². The van der Waals surface area contributed by atoms with Gasteiger partial charge in [0.25, 0.3) is 0 Å². The molecule has 3 rings (SSSR count). The van der Waals surface area contributed by atoms with Gasteiger partial charge >= 0.3 is 0 Å². The molecule has 0 aliphatic heterocycles. The van der Waals surface area contributed by atoms with Crippen molar-refractivity contribution in [2.45, 2.75) is 0 Å². The molecule has 104 valence electrons. The maximum absolute atomic E-state index is 12.5. The van der Waals surface area contributed by atoms with Crippen LogP contribution < -0.4 is 5.73 Å². The van der Waals surface area contributed by atoms with Crippen LogP contribution in [0.1, 0.15) is 15.9 Å². The number of carbonyl (C=O) groups excluding carboxylic acids is 1. The van der Waals surface area contributed by atoms with Crippen molar-refractivity contribution in [3.63, 3.8) is 0 Å². The predicted octanol–water partition coefficient (Wildman–Crippen LogP) is 4.96. The van der Waals surface area contributed by atoms with Gasteiger partial charge in [-0.1, -0.05) is 59.6 Å². The van der Waals surface area contributed by atoms with E-state index in [0.717, 1.165) is 10.8 Å². The van der Waals surface area contributed by atoms with Crippen molar-refractivity contribution in [1.29, 1.82) is 0 Å². The van der Waals surface area contributed by atoms with Crippen LogP contribution in [-0.2, 0) is 0 Å². The number of fused-ring (bicyclic) bond motifs is 1. The number of rotatable bonds is 2. The van der Waals surface area contributed by atoms with Gasteiger partial charge in [0.1, 0.15) is 0 Å². The lowest BCUT2D eigenvalue weighted by Crippen LogP contribution is -2.02. The normalized spacial score (nSPS) is 10.8. The van der Waals surface area contributed by atoms with Crippen molar-refractivity contribution >= 4 is 45.4 Å². The highest BCUT2D eigenvalue weighted by atomic mass is 35.5. The Morgan fingerprint density at radius 1 is 0.810 bits per heavy atom. The number of nitrogen functional groups attached to an aromatic ring is 1. The summed E-state index contributed by atoms with van der Waals surface area (Å²) in [5.41, 5.74) is 6.99. The Morgan fingerprint density at radius 3 is 2.10 bits per heavy atom. The largest absolute Gasteiger partial charge is 0.396 e. The molecule has 0 aromatic heterocycles. The number of ketones is 1. The molecule has 0 spiro atoms. The first-order valence-corrected chi connectivity index (χ1v) is 7.10. The van der Waals surface area contributed by atoms with Crippen molar-refractivity contribution in [2.75, 3.05) is 5.73 Å². The summed E-state index contributed by atoms with van der Waals surface area (Å²) in [4.78, 5) is 12.5. The number of hydrogen-bond acceptors (Lipinski definition) is 2. The van der Waals surface area contributed by atoms with E-state index in [-0.39, 0.29) is 21.5 Å². The SMILES string of the molecule is Nc1c(Cl)cc(C(=O)c2ccc3ccccc3c2)cc1Cl. The van der Waals surface area contributed by atoms with E-state index in [1.807, 2.05) is 36.4 Å². The molecule has 0 fully saturated rings. The first-order chi connectivity index (χ1) is 10.1. The zero-order chi connectivity index (χ0) is 15.0. The fourth-order valence-electron chi connectivity index (χ4n) is 2.21. The second kappa shape index (κ2) is 5.40. The van der Waals surface area contributed by atoms with Gasteiger partial charge < -0.3 is 5.73 Å². The first kappa shape index (κ1) is 13.9. The zero-order valence-electron chi connectivity index (χ0n) is 10.9. The van der Waals surface area contributed by atoms with Gasteiger partial charge in [0.05, 0.1) is 15.7 Å². The van der Waals surface area contributed by atoms with Crippen molar-refractivity contribution in [1.82, 2.24) is 0 Å². The van der Waals surface area contributed by atoms with Crippen LogP contribution in [0.4, 0.5) is 5.69 Å². The molecule has 2 N–H and O–H groups in total. The summed E-state index contributed by atoms with van der Waals surface area (Å²) in [7, 11) is 0. The number of hydrogen-bond donors (Lipinski definition) is 1. The van der Waals surface area contributed by atoms with Crippen LogP contribution in [0, 0.1) is 0 Å². The molecule has 0 saturated heterocycles. The minimum absolute atomic E-state index is 0.135. The smallest absolute Gasteiger partial charge is 0.193 e. The Morgan fingerprint density at radius 2 is 1.43 bits per heavy atom. The average molecular weight is 316 g/mol. The molecule has 0 atom stereocenters. The minimum atomic E-state index is -0.135. The summed E-state index contributed by atoms with van der Waals surface area (Å²) in [6, 6.07) is 16.5.